The van der Waals surface area contributed by atoms with Gasteiger partial charge in [0.1, 0.15) is 0 Å². The van der Waals surface area contributed by atoms with Crippen molar-refractivity contribution in [1.82, 2.24) is 0 Å². The highest BCUT2D eigenvalue weighted by atomic mass is 35.5. The van der Waals surface area contributed by atoms with Crippen molar-refractivity contribution in [3.8, 4) is 0 Å². The van der Waals surface area contributed by atoms with Crippen LogP contribution in [0.3, 0.4) is 0 Å². The number of nitrogen functional groups attached to an aromatic ring is 1. The molecule has 170 valence electrons. The molecule has 0 unspecified atom stereocenters. The van der Waals surface area contributed by atoms with E-state index in [-0.39, 0.29) is 5.91 Å². The molecule has 3 aromatic rings. The van der Waals surface area contributed by atoms with E-state index in [1.807, 2.05) is 43.3 Å². The van der Waals surface area contributed by atoms with Crippen LogP contribution in [0.5, 0.6) is 0 Å². The maximum absolute atomic E-state index is 12.6. The Bertz CT molecular complexity index is 1170. The van der Waals surface area contributed by atoms with Crippen LogP contribution in [0.4, 0.5) is 17.1 Å². The fraction of sp³-hybridized carbons (Fsp3) is 0.185. The lowest BCUT2D eigenvalue weighted by atomic mass is 10.1. The molecule has 3 N–H and O–H groups in total. The van der Waals surface area contributed by atoms with Crippen molar-refractivity contribution in [3.05, 3.63) is 101 Å². The molecule has 1 heterocycles. The molecule has 0 atom stereocenters. The maximum atomic E-state index is 12.6. The first kappa shape index (κ1) is 24.1. The molecule has 0 fully saturated rings. The molecule has 0 aliphatic carbocycles. The van der Waals surface area contributed by atoms with Gasteiger partial charge in [0.05, 0.1) is 17.0 Å². The van der Waals surface area contributed by atoms with Gasteiger partial charge in [-0.15, -0.1) is 0 Å². The molecule has 0 spiro atoms. The van der Waals surface area contributed by atoms with Crippen LogP contribution in [0.15, 0.2) is 89.7 Å². The van der Waals surface area contributed by atoms with E-state index in [4.69, 9.17) is 17.3 Å². The van der Waals surface area contributed by atoms with E-state index in [2.05, 4.69) is 36.4 Å². The topological polar surface area (TPSA) is 70.7 Å². The largest absolute Gasteiger partial charge is 0.399 e. The molecule has 1 aliphatic heterocycles. The second-order valence-corrected chi connectivity index (χ2v) is 7.98. The summed E-state index contributed by atoms with van der Waals surface area (Å²) in [7, 11) is 0. The molecule has 33 heavy (non-hydrogen) atoms. The minimum absolute atomic E-state index is 0.156. The Kier molecular flexibility index (Phi) is 8.28. The van der Waals surface area contributed by atoms with E-state index < -0.39 is 0 Å². The first-order valence-corrected chi connectivity index (χ1v) is 11.4. The zero-order valence-electron chi connectivity index (χ0n) is 19.2. The van der Waals surface area contributed by atoms with E-state index in [1.165, 1.54) is 16.1 Å². The number of halogens is 1. The summed E-state index contributed by atoms with van der Waals surface area (Å²) in [5, 5.41) is 9.61. The Morgan fingerprint density at radius 1 is 0.939 bits per heavy atom. The Hall–Kier alpha value is -3.57. The summed E-state index contributed by atoms with van der Waals surface area (Å²) in [6, 6.07) is 23.0. The van der Waals surface area contributed by atoms with Crippen LogP contribution in [0.2, 0.25) is 5.02 Å². The van der Waals surface area contributed by atoms with Gasteiger partial charge in [-0.1, -0.05) is 61.8 Å². The van der Waals surface area contributed by atoms with Crippen molar-refractivity contribution in [1.29, 1.82) is 0 Å². The zero-order valence-corrected chi connectivity index (χ0v) is 19.9. The smallest absolute Gasteiger partial charge is 0.282 e. The predicted octanol–water partition coefficient (Wildman–Crippen LogP) is 6.45. The van der Waals surface area contributed by atoms with Crippen molar-refractivity contribution in [2.24, 2.45) is 5.10 Å². The molecular weight excluding hydrogens is 432 g/mol. The highest BCUT2D eigenvalue weighted by Crippen LogP contribution is 2.25. The van der Waals surface area contributed by atoms with Crippen LogP contribution < -0.4 is 16.1 Å². The van der Waals surface area contributed by atoms with E-state index in [9.17, 15) is 4.79 Å². The molecule has 0 bridgehead atoms. The monoisotopic (exact) mass is 460 g/mol. The van der Waals surface area contributed by atoms with Gasteiger partial charge < -0.3 is 11.1 Å². The standard InChI is InChI=1S/C19H18ClN3O.C8H11N/c1-3-14-6-4-5-7-18(14)21-12-17-13(2)22-23(19(17)24)16-10-8-15(20)9-11-16;1-2-7-5-3-4-6-8(7)9/h4-12,21H,3H2,1-2H3;3-6H,2,9H2,1H3/b17-12-;. The van der Waals surface area contributed by atoms with Crippen LogP contribution in [0, 0.1) is 0 Å². The first-order chi connectivity index (χ1) is 15.9. The second-order valence-electron chi connectivity index (χ2n) is 7.54. The molecule has 0 radical (unpaired) electrons. The number of anilines is 3. The number of para-hydroxylation sites is 2. The van der Waals surface area contributed by atoms with Crippen molar-refractivity contribution < 1.29 is 4.79 Å². The maximum Gasteiger partial charge on any atom is 0.282 e. The number of rotatable bonds is 5. The van der Waals surface area contributed by atoms with Crippen LogP contribution in [-0.2, 0) is 17.6 Å². The van der Waals surface area contributed by atoms with Gasteiger partial charge in [0.25, 0.3) is 5.91 Å². The van der Waals surface area contributed by atoms with Gasteiger partial charge in [-0.2, -0.15) is 10.1 Å². The van der Waals surface area contributed by atoms with Crippen molar-refractivity contribution in [2.75, 3.05) is 16.1 Å². The quantitative estimate of drug-likeness (QED) is 0.339. The van der Waals surface area contributed by atoms with Crippen LogP contribution in [-0.4, -0.2) is 11.6 Å². The van der Waals surface area contributed by atoms with Gasteiger partial charge in [-0.05, 0) is 67.3 Å². The van der Waals surface area contributed by atoms with Gasteiger partial charge in [-0.25, -0.2) is 0 Å². The van der Waals surface area contributed by atoms with E-state index in [0.717, 1.165) is 24.2 Å². The Balaban J connectivity index is 0.000000286. The first-order valence-electron chi connectivity index (χ1n) is 11.0. The fourth-order valence-corrected chi connectivity index (χ4v) is 3.54. The lowest BCUT2D eigenvalue weighted by Gasteiger charge is -2.12. The molecule has 1 aliphatic rings. The minimum atomic E-state index is -0.156. The van der Waals surface area contributed by atoms with Crippen LogP contribution in [0.25, 0.3) is 0 Å². The third-order valence-corrected chi connectivity index (χ3v) is 5.59. The van der Waals surface area contributed by atoms with Gasteiger partial charge in [0.15, 0.2) is 0 Å². The molecule has 0 saturated heterocycles. The molecule has 1 amide bonds. The molecule has 4 rings (SSSR count). The van der Waals surface area contributed by atoms with Crippen molar-refractivity contribution in [3.63, 3.8) is 0 Å². The average molecular weight is 461 g/mol. The molecule has 6 heteroatoms. The number of carbonyl (C=O) groups is 1. The normalized spacial score (nSPS) is 14.1. The number of nitrogens with one attached hydrogen (secondary N) is 1. The number of carbonyl (C=O) groups excluding carboxylic acids is 1. The number of hydrogen-bond donors (Lipinski definition) is 2. The Morgan fingerprint density at radius 2 is 1.55 bits per heavy atom. The van der Waals surface area contributed by atoms with Crippen molar-refractivity contribution >= 4 is 40.3 Å². The predicted molar refractivity (Wildman–Crippen MR) is 140 cm³/mol. The number of nitrogens with two attached hydrogens (primary N) is 1. The Morgan fingerprint density at radius 3 is 2.15 bits per heavy atom. The SMILES string of the molecule is CCc1ccccc1N.CCc1ccccc1N/C=C1\C(=O)N(c2ccc(Cl)cc2)N=C1C. The summed E-state index contributed by atoms with van der Waals surface area (Å²) in [5.41, 5.74) is 11.9. The number of aryl methyl sites for hydroxylation is 2. The average Bonchev–Trinajstić information content (AvgIpc) is 3.12. The lowest BCUT2D eigenvalue weighted by molar-refractivity contribution is -0.114. The van der Waals surface area contributed by atoms with Gasteiger partial charge in [-0.3, -0.25) is 4.79 Å². The van der Waals surface area contributed by atoms with E-state index in [0.29, 0.717) is 22.0 Å². The molecule has 0 saturated carbocycles. The number of benzene rings is 3. The fourth-order valence-electron chi connectivity index (χ4n) is 3.42. The highest BCUT2D eigenvalue weighted by Gasteiger charge is 2.28. The molecule has 5 nitrogen and oxygen atoms in total. The van der Waals surface area contributed by atoms with Gasteiger partial charge in [0.2, 0.25) is 0 Å². The summed E-state index contributed by atoms with van der Waals surface area (Å²) in [6.07, 6.45) is 3.67. The van der Waals surface area contributed by atoms with E-state index in [1.54, 1.807) is 30.5 Å². The third kappa shape index (κ3) is 6.02. The molecular formula is C27H29ClN4O. The molecule has 3 aromatic carbocycles. The number of nitrogens with zero attached hydrogens (tertiary/aromatic N) is 2. The summed E-state index contributed by atoms with van der Waals surface area (Å²) in [5.74, 6) is -0.156. The third-order valence-electron chi connectivity index (χ3n) is 5.34. The summed E-state index contributed by atoms with van der Waals surface area (Å²) in [4.78, 5) is 12.6. The lowest BCUT2D eigenvalue weighted by Crippen LogP contribution is -2.21. The van der Waals surface area contributed by atoms with Crippen molar-refractivity contribution in [2.45, 2.75) is 33.6 Å². The summed E-state index contributed by atoms with van der Waals surface area (Å²) >= 11 is 5.90. The minimum Gasteiger partial charge on any atom is -0.399 e. The zero-order chi connectivity index (χ0) is 23.8. The van der Waals surface area contributed by atoms with Crippen LogP contribution in [0.1, 0.15) is 31.9 Å². The van der Waals surface area contributed by atoms with Gasteiger partial charge >= 0.3 is 0 Å². The van der Waals surface area contributed by atoms with E-state index >= 15 is 0 Å². The summed E-state index contributed by atoms with van der Waals surface area (Å²) in [6.45, 7) is 6.03. The number of hydrogen-bond acceptors (Lipinski definition) is 4. The number of amides is 1. The number of hydrazone groups is 1. The second kappa shape index (κ2) is 11.3. The summed E-state index contributed by atoms with van der Waals surface area (Å²) < 4.78 is 0. The Labute approximate surface area is 200 Å². The molecule has 0 aromatic heterocycles. The highest BCUT2D eigenvalue weighted by molar-refractivity contribution is 6.31. The van der Waals surface area contributed by atoms with Crippen LogP contribution >= 0.6 is 11.6 Å². The van der Waals surface area contributed by atoms with Gasteiger partial charge in [0, 0.05) is 22.6 Å².